The summed E-state index contributed by atoms with van der Waals surface area (Å²) in [5.41, 5.74) is 1.19. The molecule has 4 rings (SSSR count). The number of aromatic amines is 1. The number of carbonyl (C=O) groups excluding carboxylic acids is 4. The van der Waals surface area contributed by atoms with E-state index >= 15 is 0 Å². The summed E-state index contributed by atoms with van der Waals surface area (Å²) in [5, 5.41) is 8.64. The van der Waals surface area contributed by atoms with Crippen molar-refractivity contribution in [1.29, 1.82) is 0 Å². The second-order valence-electron chi connectivity index (χ2n) is 7.96. The maximum Gasteiger partial charge on any atom is 0.268 e. The fourth-order valence-corrected chi connectivity index (χ4v) is 3.20. The number of para-hydroxylation sites is 1. The maximum absolute atomic E-state index is 12.2. The van der Waals surface area contributed by atoms with Gasteiger partial charge in [0.25, 0.3) is 5.91 Å². The van der Waals surface area contributed by atoms with Gasteiger partial charge in [-0.15, -0.1) is 0 Å². The number of aldehydes is 1. The normalized spacial score (nSPS) is 18.7. The number of hydrogen-bond acceptors (Lipinski definition) is 4. The lowest BCUT2D eigenvalue weighted by Gasteiger charge is -2.15. The van der Waals surface area contributed by atoms with Crippen molar-refractivity contribution in [2.45, 2.75) is 38.6 Å². The third-order valence-corrected chi connectivity index (χ3v) is 5.26. The Bertz CT molecular complexity index is 886. The highest BCUT2D eigenvalue weighted by Gasteiger charge is 2.27. The Kier molecular flexibility index (Phi) is 7.21. The minimum Gasteiger partial charge on any atom is -0.356 e. The molecule has 0 bridgehead atoms. The van der Waals surface area contributed by atoms with Crippen molar-refractivity contribution in [3.63, 3.8) is 0 Å². The lowest BCUT2D eigenvalue weighted by Crippen LogP contribution is -2.44. The average Bonchev–Trinajstić information content (AvgIpc) is 3.24. The molecule has 2 unspecified atom stereocenters. The van der Waals surface area contributed by atoms with Gasteiger partial charge in [0.15, 0.2) is 0 Å². The van der Waals surface area contributed by atoms with Crippen molar-refractivity contribution in [1.82, 2.24) is 20.9 Å². The van der Waals surface area contributed by atoms with Crippen LogP contribution >= 0.6 is 0 Å². The van der Waals surface area contributed by atoms with Crippen LogP contribution in [0.2, 0.25) is 0 Å². The van der Waals surface area contributed by atoms with E-state index in [0.29, 0.717) is 24.9 Å². The number of aromatic nitrogens is 1. The molecule has 8 heteroatoms. The van der Waals surface area contributed by atoms with Gasteiger partial charge >= 0.3 is 0 Å². The summed E-state index contributed by atoms with van der Waals surface area (Å²) in [7, 11) is 0. The smallest absolute Gasteiger partial charge is 0.268 e. The van der Waals surface area contributed by atoms with Gasteiger partial charge < -0.3 is 25.7 Å². The number of fused-ring (bicyclic) bond motifs is 1. The number of H-pyrrole nitrogens is 1. The summed E-state index contributed by atoms with van der Waals surface area (Å²) in [5.74, 6) is -0.177. The van der Waals surface area contributed by atoms with Gasteiger partial charge in [-0.05, 0) is 30.9 Å². The zero-order chi connectivity index (χ0) is 21.5. The van der Waals surface area contributed by atoms with Crippen molar-refractivity contribution >= 4 is 34.9 Å². The summed E-state index contributed by atoms with van der Waals surface area (Å²) in [6.07, 6.45) is 4.50. The summed E-state index contributed by atoms with van der Waals surface area (Å²) in [4.78, 5) is 49.8. The molecule has 8 nitrogen and oxygen atoms in total. The molecular weight excluding hydrogens is 384 g/mol. The fraction of sp³-hybridized carbons (Fsp3) is 0.455. The van der Waals surface area contributed by atoms with Gasteiger partial charge in [0, 0.05) is 23.4 Å². The van der Waals surface area contributed by atoms with Crippen LogP contribution < -0.4 is 16.0 Å². The van der Waals surface area contributed by atoms with Gasteiger partial charge in [-0.3, -0.25) is 14.4 Å². The van der Waals surface area contributed by atoms with Crippen LogP contribution in [-0.4, -0.2) is 48.1 Å². The van der Waals surface area contributed by atoms with E-state index in [-0.39, 0.29) is 24.8 Å². The molecule has 0 spiro atoms. The molecular formula is C22H28N4O4. The molecule has 160 valence electrons. The second kappa shape index (κ2) is 10.0. The molecule has 1 aliphatic carbocycles. The molecule has 1 aromatic carbocycles. The van der Waals surface area contributed by atoms with Crippen molar-refractivity contribution in [3.8, 4) is 0 Å². The molecule has 2 heterocycles. The Hall–Kier alpha value is -3.16. The van der Waals surface area contributed by atoms with E-state index < -0.39 is 17.9 Å². The van der Waals surface area contributed by atoms with Crippen LogP contribution in [0, 0.1) is 11.8 Å². The molecule has 1 aromatic heterocycles. The number of hydrogen-bond donors (Lipinski definition) is 4. The quantitative estimate of drug-likeness (QED) is 0.515. The van der Waals surface area contributed by atoms with Crippen LogP contribution in [0.4, 0.5) is 0 Å². The van der Waals surface area contributed by atoms with E-state index in [1.54, 1.807) is 6.07 Å². The highest BCUT2D eigenvalue weighted by Crippen LogP contribution is 2.26. The molecule has 2 atom stereocenters. The average molecular weight is 412 g/mol. The molecule has 2 aliphatic rings. The van der Waals surface area contributed by atoms with Crippen LogP contribution in [0.25, 0.3) is 10.9 Å². The Labute approximate surface area is 175 Å². The maximum atomic E-state index is 12.2. The minimum absolute atomic E-state index is 0.0989. The summed E-state index contributed by atoms with van der Waals surface area (Å²) in [6.45, 7) is 2.61. The Morgan fingerprint density at radius 2 is 1.97 bits per heavy atom. The Morgan fingerprint density at radius 3 is 2.57 bits per heavy atom. The highest BCUT2D eigenvalue weighted by molar-refractivity contribution is 5.99. The van der Waals surface area contributed by atoms with Crippen LogP contribution in [0.15, 0.2) is 30.3 Å². The molecule has 0 radical (unpaired) electrons. The topological polar surface area (TPSA) is 120 Å². The lowest BCUT2D eigenvalue weighted by atomic mass is 9.99. The first-order chi connectivity index (χ1) is 14.5. The van der Waals surface area contributed by atoms with Crippen LogP contribution in [0.5, 0.6) is 0 Å². The van der Waals surface area contributed by atoms with Crippen molar-refractivity contribution < 1.29 is 19.2 Å². The number of benzene rings is 1. The predicted molar refractivity (Wildman–Crippen MR) is 113 cm³/mol. The van der Waals surface area contributed by atoms with Gasteiger partial charge in [-0.1, -0.05) is 38.0 Å². The van der Waals surface area contributed by atoms with Crippen molar-refractivity contribution in [2.75, 3.05) is 13.1 Å². The first-order valence-electron chi connectivity index (χ1n) is 10.3. The lowest BCUT2D eigenvalue weighted by molar-refractivity contribution is -0.125. The van der Waals surface area contributed by atoms with Gasteiger partial charge in [0.05, 0.1) is 12.6 Å². The van der Waals surface area contributed by atoms with Crippen LogP contribution in [0.3, 0.4) is 0 Å². The van der Waals surface area contributed by atoms with E-state index in [2.05, 4.69) is 27.9 Å². The summed E-state index contributed by atoms with van der Waals surface area (Å²) in [6, 6.07) is 8.42. The van der Waals surface area contributed by atoms with E-state index in [4.69, 9.17) is 0 Å². The van der Waals surface area contributed by atoms with Crippen LogP contribution in [-0.2, 0) is 14.4 Å². The number of carbonyl (C=O) groups is 4. The van der Waals surface area contributed by atoms with E-state index in [1.807, 2.05) is 24.3 Å². The molecule has 2 aromatic rings. The zero-order valence-corrected chi connectivity index (χ0v) is 17.1. The standard InChI is InChI=1S/C18H20N4O4.C4H8/c23-10-13(7-12-5-6-19-17(12)25)21-16(24)9-20-18(26)15-8-11-3-1-2-4-14(11)22-15;1-4-2-3-4/h1-4,8,10,12-13,22H,5-7,9H2,(H,19,25)(H,20,26)(H,21,24);4H,2-3H2,1H3. The van der Waals surface area contributed by atoms with E-state index in [0.717, 1.165) is 16.8 Å². The van der Waals surface area contributed by atoms with Crippen molar-refractivity contribution in [2.24, 2.45) is 11.8 Å². The first-order valence-corrected chi connectivity index (χ1v) is 10.3. The molecule has 3 amide bonds. The third-order valence-electron chi connectivity index (χ3n) is 5.26. The second-order valence-corrected chi connectivity index (χ2v) is 7.96. The first kappa shape index (κ1) is 21.5. The van der Waals surface area contributed by atoms with Gasteiger partial charge in [0.2, 0.25) is 11.8 Å². The molecule has 4 N–H and O–H groups in total. The monoisotopic (exact) mass is 412 g/mol. The number of rotatable bonds is 7. The molecule has 1 saturated carbocycles. The van der Waals surface area contributed by atoms with Gasteiger partial charge in [-0.2, -0.15) is 0 Å². The van der Waals surface area contributed by atoms with E-state index in [1.165, 1.54) is 12.8 Å². The number of amides is 3. The molecule has 1 saturated heterocycles. The van der Waals surface area contributed by atoms with Crippen molar-refractivity contribution in [3.05, 3.63) is 36.0 Å². The Balaban J connectivity index is 0.000000572. The Morgan fingerprint density at radius 1 is 1.23 bits per heavy atom. The molecule has 30 heavy (non-hydrogen) atoms. The molecule has 2 fully saturated rings. The largest absolute Gasteiger partial charge is 0.356 e. The summed E-state index contributed by atoms with van der Waals surface area (Å²) < 4.78 is 0. The summed E-state index contributed by atoms with van der Waals surface area (Å²) >= 11 is 0. The van der Waals surface area contributed by atoms with Gasteiger partial charge in [0.1, 0.15) is 12.0 Å². The van der Waals surface area contributed by atoms with E-state index in [9.17, 15) is 19.2 Å². The predicted octanol–water partition coefficient (Wildman–Crippen LogP) is 1.52. The highest BCUT2D eigenvalue weighted by atomic mass is 16.2. The molecule has 1 aliphatic heterocycles. The zero-order valence-electron chi connectivity index (χ0n) is 17.1. The SMILES string of the molecule is CC1CC1.O=CC(CC1CCNC1=O)NC(=O)CNC(=O)c1cc2ccccc2[nH]1. The third kappa shape index (κ3) is 6.17. The fourth-order valence-electron chi connectivity index (χ4n) is 3.20. The number of nitrogens with one attached hydrogen (secondary N) is 4. The minimum atomic E-state index is -0.749. The van der Waals surface area contributed by atoms with Crippen LogP contribution in [0.1, 0.15) is 43.1 Å². The van der Waals surface area contributed by atoms with Gasteiger partial charge in [-0.25, -0.2) is 0 Å².